The number of nitrogens with one attached hydrogen (secondary N) is 1. The lowest BCUT2D eigenvalue weighted by Gasteiger charge is -2.33. The molecule has 0 spiro atoms. The van der Waals surface area contributed by atoms with Gasteiger partial charge in [0, 0.05) is 69.4 Å². The van der Waals surface area contributed by atoms with E-state index in [-0.39, 0.29) is 29.2 Å². The van der Waals surface area contributed by atoms with Crippen molar-refractivity contribution in [1.82, 2.24) is 20.0 Å². The van der Waals surface area contributed by atoms with Crippen molar-refractivity contribution in [3.05, 3.63) is 144 Å². The molecule has 4 aromatic rings. The minimum Gasteiger partial charge on any atom is -0.444 e. The fourth-order valence-corrected chi connectivity index (χ4v) is 8.57. The number of likely N-dealkylation sites (tertiary alicyclic amines) is 1. The first kappa shape index (κ1) is 46.0. The molecule has 8 heteroatoms. The summed E-state index contributed by atoms with van der Waals surface area (Å²) in [6, 6.07) is 42.1. The minimum absolute atomic E-state index is 0.0443. The Morgan fingerprint density at radius 2 is 1.03 bits per heavy atom. The summed E-state index contributed by atoms with van der Waals surface area (Å²) < 4.78 is 5.61. The van der Waals surface area contributed by atoms with E-state index in [1.165, 1.54) is 22.3 Å². The van der Waals surface area contributed by atoms with Gasteiger partial charge in [0.15, 0.2) is 0 Å². The molecule has 4 atom stereocenters. The van der Waals surface area contributed by atoms with E-state index >= 15 is 0 Å². The van der Waals surface area contributed by atoms with Crippen LogP contribution < -0.4 is 5.32 Å². The molecule has 4 unspecified atom stereocenters. The number of benzene rings is 4. The molecule has 0 aromatic heterocycles. The highest BCUT2D eigenvalue weighted by atomic mass is 16.6. The number of aliphatic hydroxyl groups is 2. The predicted octanol–water partition coefficient (Wildman–Crippen LogP) is 9.30. The van der Waals surface area contributed by atoms with Crippen molar-refractivity contribution in [3.8, 4) is 0 Å². The van der Waals surface area contributed by atoms with E-state index in [4.69, 9.17) is 4.74 Å². The largest absolute Gasteiger partial charge is 0.444 e. The topological polar surface area (TPSA) is 88.5 Å². The zero-order valence-electron chi connectivity index (χ0n) is 36.9. The lowest BCUT2D eigenvalue weighted by atomic mass is 9.91. The molecule has 0 bridgehead atoms. The molecule has 6 rings (SSSR count). The van der Waals surface area contributed by atoms with Crippen LogP contribution in [0.15, 0.2) is 121 Å². The Hall–Kier alpha value is -4.05. The Bertz CT molecular complexity index is 1720. The summed E-state index contributed by atoms with van der Waals surface area (Å²) in [5.41, 5.74) is 4.46. The molecule has 2 aliphatic rings. The van der Waals surface area contributed by atoms with Gasteiger partial charge >= 0.3 is 6.09 Å². The van der Waals surface area contributed by atoms with Crippen LogP contribution in [0.3, 0.4) is 0 Å². The van der Waals surface area contributed by atoms with Crippen LogP contribution in [-0.4, -0.2) is 86.1 Å². The zero-order valence-corrected chi connectivity index (χ0v) is 36.9. The van der Waals surface area contributed by atoms with Gasteiger partial charge in [-0.05, 0) is 102 Å². The SMILES string of the molecule is CC(C)(C)OC(=O)N1CC(C(O)CCN(Cc2ccccc2)Cc2ccccc2)CC1(C)C.CC1(C)CC(C(O)CCN(Cc2ccccc2)Cc2ccccc2)CN1. The summed E-state index contributed by atoms with van der Waals surface area (Å²) in [6.07, 6.45) is 2.31. The lowest BCUT2D eigenvalue weighted by molar-refractivity contribution is 0.0122. The van der Waals surface area contributed by atoms with Crippen LogP contribution in [0.5, 0.6) is 0 Å². The van der Waals surface area contributed by atoms with Crippen molar-refractivity contribution in [3.63, 3.8) is 0 Å². The standard InChI is InChI=1S/C28H40N2O3.C23H32N2O/c1-27(2,3)33-26(32)30-21-24(18-28(30,4)5)25(31)16-17-29(19-22-12-8-6-9-13-22)20-23-14-10-7-11-15-23;1-23(2)15-21(16-24-23)22(26)13-14-25(17-19-9-5-3-6-10-19)18-20-11-7-4-8-12-20/h6-15,24-25,31H,16-21H2,1-5H3;3-12,21-22,24,26H,13-18H2,1-2H3. The van der Waals surface area contributed by atoms with Crippen LogP contribution in [0.4, 0.5) is 4.79 Å². The highest BCUT2D eigenvalue weighted by molar-refractivity contribution is 5.69. The first-order chi connectivity index (χ1) is 28.0. The number of amides is 1. The Morgan fingerprint density at radius 3 is 1.37 bits per heavy atom. The number of hydrogen-bond acceptors (Lipinski definition) is 7. The zero-order chi connectivity index (χ0) is 42.5. The monoisotopic (exact) mass is 805 g/mol. The molecule has 4 aromatic carbocycles. The molecule has 3 N–H and O–H groups in total. The van der Waals surface area contributed by atoms with Crippen molar-refractivity contribution in [2.45, 2.75) is 129 Å². The number of rotatable bonds is 16. The van der Waals surface area contributed by atoms with Gasteiger partial charge in [-0.3, -0.25) is 9.80 Å². The van der Waals surface area contributed by atoms with Crippen LogP contribution in [0.25, 0.3) is 0 Å². The summed E-state index contributed by atoms with van der Waals surface area (Å²) in [4.78, 5) is 19.4. The first-order valence-corrected chi connectivity index (χ1v) is 21.8. The predicted molar refractivity (Wildman–Crippen MR) is 241 cm³/mol. The van der Waals surface area contributed by atoms with Gasteiger partial charge in [0.1, 0.15) is 5.60 Å². The number of carbonyl (C=O) groups is 1. The maximum atomic E-state index is 12.7. The Kier molecular flexibility index (Phi) is 16.7. The maximum Gasteiger partial charge on any atom is 0.410 e. The lowest BCUT2D eigenvalue weighted by Crippen LogP contribution is -2.45. The van der Waals surface area contributed by atoms with Gasteiger partial charge < -0.3 is 25.2 Å². The first-order valence-electron chi connectivity index (χ1n) is 21.8. The van der Waals surface area contributed by atoms with E-state index in [9.17, 15) is 15.0 Å². The maximum absolute atomic E-state index is 12.7. The molecule has 0 aliphatic carbocycles. The third-order valence-electron chi connectivity index (χ3n) is 11.7. The number of ether oxygens (including phenoxy) is 1. The Morgan fingerprint density at radius 1 is 0.661 bits per heavy atom. The van der Waals surface area contributed by atoms with Crippen molar-refractivity contribution in [1.29, 1.82) is 0 Å². The second-order valence-corrected chi connectivity index (χ2v) is 19.2. The molecule has 2 aliphatic heterocycles. The number of aliphatic hydroxyl groups excluding tert-OH is 2. The van der Waals surface area contributed by atoms with E-state index in [0.29, 0.717) is 18.9 Å². The van der Waals surface area contributed by atoms with Gasteiger partial charge in [-0.1, -0.05) is 121 Å². The average Bonchev–Trinajstić information content (AvgIpc) is 3.74. The fraction of sp³-hybridized carbons (Fsp3) is 0.510. The van der Waals surface area contributed by atoms with Gasteiger partial charge in [0.05, 0.1) is 12.2 Å². The van der Waals surface area contributed by atoms with Crippen LogP contribution in [0, 0.1) is 11.8 Å². The molecule has 59 heavy (non-hydrogen) atoms. The van der Waals surface area contributed by atoms with Crippen molar-refractivity contribution in [2.75, 3.05) is 26.2 Å². The molecule has 0 radical (unpaired) electrons. The van der Waals surface area contributed by atoms with Gasteiger partial charge in [-0.25, -0.2) is 4.79 Å². The Labute approximate surface area is 355 Å². The van der Waals surface area contributed by atoms with Gasteiger partial charge in [0.2, 0.25) is 0 Å². The molecular weight excluding hydrogens is 733 g/mol. The third kappa shape index (κ3) is 15.5. The van der Waals surface area contributed by atoms with Gasteiger partial charge in [-0.2, -0.15) is 0 Å². The van der Waals surface area contributed by atoms with Crippen LogP contribution >= 0.6 is 0 Å². The summed E-state index contributed by atoms with van der Waals surface area (Å²) in [7, 11) is 0. The summed E-state index contributed by atoms with van der Waals surface area (Å²) in [5, 5.41) is 25.3. The van der Waals surface area contributed by atoms with Crippen molar-refractivity contribution < 1.29 is 19.7 Å². The highest BCUT2D eigenvalue weighted by Crippen LogP contribution is 2.36. The van der Waals surface area contributed by atoms with Gasteiger partial charge in [-0.15, -0.1) is 0 Å². The molecule has 320 valence electrons. The quantitative estimate of drug-likeness (QED) is 0.104. The van der Waals surface area contributed by atoms with E-state index in [2.05, 4.69) is 152 Å². The van der Waals surface area contributed by atoms with E-state index in [0.717, 1.165) is 65.1 Å². The van der Waals surface area contributed by atoms with Crippen molar-refractivity contribution >= 4 is 6.09 Å². The number of hydrogen-bond donors (Lipinski definition) is 3. The summed E-state index contributed by atoms with van der Waals surface area (Å²) in [6.45, 7) is 20.8. The van der Waals surface area contributed by atoms with Crippen LogP contribution in [0.1, 0.15) is 96.4 Å². The van der Waals surface area contributed by atoms with E-state index in [1.807, 2.05) is 32.9 Å². The molecule has 2 heterocycles. The van der Waals surface area contributed by atoms with Crippen molar-refractivity contribution in [2.24, 2.45) is 11.8 Å². The minimum atomic E-state index is -0.529. The molecule has 1 amide bonds. The third-order valence-corrected chi connectivity index (χ3v) is 11.7. The fourth-order valence-electron chi connectivity index (χ4n) is 8.57. The Balaban J connectivity index is 0.000000230. The van der Waals surface area contributed by atoms with E-state index < -0.39 is 11.7 Å². The smallest absolute Gasteiger partial charge is 0.410 e. The van der Waals surface area contributed by atoms with E-state index in [1.54, 1.807) is 4.90 Å². The number of carbonyl (C=O) groups excluding carboxylic acids is 1. The summed E-state index contributed by atoms with van der Waals surface area (Å²) >= 11 is 0. The van der Waals surface area contributed by atoms with Crippen LogP contribution in [0.2, 0.25) is 0 Å². The average molecular weight is 805 g/mol. The molecular formula is C51H72N4O4. The van der Waals surface area contributed by atoms with Crippen LogP contribution in [-0.2, 0) is 30.9 Å². The molecule has 2 fully saturated rings. The molecule has 2 saturated heterocycles. The van der Waals surface area contributed by atoms with Gasteiger partial charge in [0.25, 0.3) is 0 Å². The second kappa shape index (κ2) is 21.5. The summed E-state index contributed by atoms with van der Waals surface area (Å²) in [5.74, 6) is 0.406. The molecule has 8 nitrogen and oxygen atoms in total. The molecule has 0 saturated carbocycles. The highest BCUT2D eigenvalue weighted by Gasteiger charge is 2.45. The number of nitrogens with zero attached hydrogens (tertiary/aromatic N) is 3. The second-order valence-electron chi connectivity index (χ2n) is 19.2. The normalized spacial score (nSPS) is 19.6.